The van der Waals surface area contributed by atoms with Gasteiger partial charge in [0.25, 0.3) is 0 Å². The third-order valence-electron chi connectivity index (χ3n) is 3.20. The van der Waals surface area contributed by atoms with Crippen LogP contribution in [0.3, 0.4) is 0 Å². The molecular weight excluding hydrogens is 284 g/mol. The van der Waals surface area contributed by atoms with Gasteiger partial charge in [-0.25, -0.2) is 4.79 Å². The van der Waals surface area contributed by atoms with Crippen molar-refractivity contribution < 1.29 is 20.1 Å². The number of aliphatic hydroxyl groups excluding tert-OH is 2. The van der Waals surface area contributed by atoms with Crippen molar-refractivity contribution in [1.82, 2.24) is 0 Å². The molecule has 0 aliphatic carbocycles. The van der Waals surface area contributed by atoms with Gasteiger partial charge in [-0.3, -0.25) is 0 Å². The number of carboxylic acid groups (broad SMARTS) is 1. The molecule has 0 saturated heterocycles. The van der Waals surface area contributed by atoms with Gasteiger partial charge in [-0.2, -0.15) is 0 Å². The maximum atomic E-state index is 11.1. The number of nitrogen functional groups attached to an aromatic ring is 1. The van der Waals surface area contributed by atoms with Gasteiger partial charge in [0, 0.05) is 23.5 Å². The Morgan fingerprint density at radius 3 is 2.68 bits per heavy atom. The summed E-state index contributed by atoms with van der Waals surface area (Å²) in [4.78, 5) is 11.1. The molecule has 6 N–H and O–H groups in total. The summed E-state index contributed by atoms with van der Waals surface area (Å²) in [5.41, 5.74) is 8.67. The molecule has 0 aliphatic heterocycles. The minimum Gasteiger partial charge on any atom is -0.478 e. The lowest BCUT2D eigenvalue weighted by Crippen LogP contribution is -2.23. The van der Waals surface area contributed by atoms with E-state index in [-0.39, 0.29) is 18.7 Å². The fraction of sp³-hybridized carbons (Fsp3) is 0.188. The summed E-state index contributed by atoms with van der Waals surface area (Å²) in [6.45, 7) is -0.169. The van der Waals surface area contributed by atoms with Crippen LogP contribution in [0.25, 0.3) is 11.1 Å². The fourth-order valence-corrected chi connectivity index (χ4v) is 2.07. The Balaban J connectivity index is 2.38. The van der Waals surface area contributed by atoms with Crippen LogP contribution in [0.2, 0.25) is 0 Å². The number of hydrogen-bond donors (Lipinski definition) is 5. The summed E-state index contributed by atoms with van der Waals surface area (Å²) in [6, 6.07) is 11.7. The molecule has 6 heteroatoms. The fourth-order valence-electron chi connectivity index (χ4n) is 2.07. The SMILES string of the molecule is Nc1ccc(NCC(O)CO)c(-c2cccc(C(=O)O)c2)c1. The van der Waals surface area contributed by atoms with Gasteiger partial charge in [-0.05, 0) is 35.9 Å². The molecule has 1 atom stereocenters. The van der Waals surface area contributed by atoms with Gasteiger partial charge in [0.05, 0.1) is 18.3 Å². The molecule has 0 aliphatic rings. The number of aliphatic hydroxyl groups is 2. The number of anilines is 2. The normalized spacial score (nSPS) is 11.9. The van der Waals surface area contributed by atoms with Gasteiger partial charge in [-0.15, -0.1) is 0 Å². The molecule has 1 unspecified atom stereocenters. The van der Waals surface area contributed by atoms with Crippen LogP contribution in [0.5, 0.6) is 0 Å². The first-order valence-electron chi connectivity index (χ1n) is 6.77. The number of benzene rings is 2. The van der Waals surface area contributed by atoms with Crippen LogP contribution in [0.1, 0.15) is 10.4 Å². The van der Waals surface area contributed by atoms with E-state index >= 15 is 0 Å². The van der Waals surface area contributed by atoms with Crippen LogP contribution in [0.15, 0.2) is 42.5 Å². The first-order chi connectivity index (χ1) is 10.5. The van der Waals surface area contributed by atoms with Crippen molar-refractivity contribution in [3.05, 3.63) is 48.0 Å². The van der Waals surface area contributed by atoms with E-state index in [1.54, 1.807) is 36.4 Å². The summed E-state index contributed by atoms with van der Waals surface area (Å²) in [5, 5.41) is 30.4. The number of nitrogens with two attached hydrogens (primary N) is 1. The Hall–Kier alpha value is -2.57. The Morgan fingerprint density at radius 2 is 2.00 bits per heavy atom. The second kappa shape index (κ2) is 6.93. The van der Waals surface area contributed by atoms with Crippen LogP contribution in [-0.4, -0.2) is 40.5 Å². The molecule has 0 amide bonds. The van der Waals surface area contributed by atoms with E-state index in [0.29, 0.717) is 16.9 Å². The number of carboxylic acids is 1. The van der Waals surface area contributed by atoms with Crippen molar-refractivity contribution in [2.24, 2.45) is 0 Å². The molecule has 2 rings (SSSR count). The van der Waals surface area contributed by atoms with Gasteiger partial charge >= 0.3 is 5.97 Å². The van der Waals surface area contributed by atoms with Crippen molar-refractivity contribution in [2.75, 3.05) is 24.2 Å². The quantitative estimate of drug-likeness (QED) is 0.515. The zero-order chi connectivity index (χ0) is 16.1. The van der Waals surface area contributed by atoms with Gasteiger partial charge < -0.3 is 26.4 Å². The molecule has 0 spiro atoms. The van der Waals surface area contributed by atoms with Crippen LogP contribution in [0.4, 0.5) is 11.4 Å². The topological polar surface area (TPSA) is 116 Å². The number of nitrogens with one attached hydrogen (secondary N) is 1. The third kappa shape index (κ3) is 3.75. The molecule has 0 radical (unpaired) electrons. The summed E-state index contributed by atoms with van der Waals surface area (Å²) in [7, 11) is 0. The maximum absolute atomic E-state index is 11.1. The molecule has 2 aromatic carbocycles. The van der Waals surface area contributed by atoms with E-state index in [2.05, 4.69) is 5.32 Å². The smallest absolute Gasteiger partial charge is 0.335 e. The lowest BCUT2D eigenvalue weighted by molar-refractivity contribution is 0.0697. The van der Waals surface area contributed by atoms with Crippen molar-refractivity contribution in [3.63, 3.8) is 0 Å². The number of hydrogen-bond acceptors (Lipinski definition) is 5. The Bertz CT molecular complexity index is 673. The molecular formula is C16H18N2O4. The minimum atomic E-state index is -1.00. The van der Waals surface area contributed by atoms with Crippen molar-refractivity contribution in [1.29, 1.82) is 0 Å². The monoisotopic (exact) mass is 302 g/mol. The predicted molar refractivity (Wildman–Crippen MR) is 84.8 cm³/mol. The van der Waals surface area contributed by atoms with Gasteiger partial charge in [0.15, 0.2) is 0 Å². The average molecular weight is 302 g/mol. The largest absolute Gasteiger partial charge is 0.478 e. The second-order valence-corrected chi connectivity index (χ2v) is 4.91. The van der Waals surface area contributed by atoms with E-state index in [1.165, 1.54) is 6.07 Å². The highest BCUT2D eigenvalue weighted by molar-refractivity contribution is 5.91. The van der Waals surface area contributed by atoms with Crippen molar-refractivity contribution >= 4 is 17.3 Å². The molecule has 2 aromatic rings. The van der Waals surface area contributed by atoms with E-state index in [1.807, 2.05) is 0 Å². The van der Waals surface area contributed by atoms with E-state index < -0.39 is 12.1 Å². The molecule has 0 fully saturated rings. The molecule has 0 aromatic heterocycles. The standard InChI is InChI=1S/C16H18N2O4/c17-12-4-5-15(18-8-13(20)9-19)14(7-12)10-2-1-3-11(6-10)16(21)22/h1-7,13,18-20H,8-9,17H2,(H,21,22). The molecule has 6 nitrogen and oxygen atoms in total. The molecule has 0 heterocycles. The number of rotatable bonds is 6. The minimum absolute atomic E-state index is 0.173. The highest BCUT2D eigenvalue weighted by atomic mass is 16.4. The lowest BCUT2D eigenvalue weighted by atomic mass is 10.0. The number of carbonyl (C=O) groups is 1. The summed E-state index contributed by atoms with van der Waals surface area (Å²) < 4.78 is 0. The average Bonchev–Trinajstić information content (AvgIpc) is 2.53. The van der Waals surface area contributed by atoms with Gasteiger partial charge in [0.2, 0.25) is 0 Å². The van der Waals surface area contributed by atoms with Gasteiger partial charge in [-0.1, -0.05) is 12.1 Å². The zero-order valence-electron chi connectivity index (χ0n) is 11.9. The summed E-state index contributed by atoms with van der Waals surface area (Å²) in [5.74, 6) is -1.00. The summed E-state index contributed by atoms with van der Waals surface area (Å²) >= 11 is 0. The first-order valence-corrected chi connectivity index (χ1v) is 6.77. The first kappa shape index (κ1) is 15.8. The van der Waals surface area contributed by atoms with E-state index in [9.17, 15) is 9.90 Å². The van der Waals surface area contributed by atoms with Crippen LogP contribution in [0, 0.1) is 0 Å². The van der Waals surface area contributed by atoms with Gasteiger partial charge in [0.1, 0.15) is 0 Å². The predicted octanol–water partition coefficient (Wildman–Crippen LogP) is 1.40. The lowest BCUT2D eigenvalue weighted by Gasteiger charge is -2.15. The Kier molecular flexibility index (Phi) is 4.98. The zero-order valence-corrected chi connectivity index (χ0v) is 11.9. The highest BCUT2D eigenvalue weighted by Crippen LogP contribution is 2.30. The Labute approximate surface area is 127 Å². The Morgan fingerprint density at radius 1 is 1.23 bits per heavy atom. The molecule has 22 heavy (non-hydrogen) atoms. The van der Waals surface area contributed by atoms with Crippen molar-refractivity contribution in [2.45, 2.75) is 6.10 Å². The molecule has 0 bridgehead atoms. The third-order valence-corrected chi connectivity index (χ3v) is 3.20. The van der Waals surface area contributed by atoms with E-state index in [4.69, 9.17) is 15.9 Å². The van der Waals surface area contributed by atoms with E-state index in [0.717, 1.165) is 5.56 Å². The second-order valence-electron chi connectivity index (χ2n) is 4.91. The van der Waals surface area contributed by atoms with Crippen molar-refractivity contribution in [3.8, 4) is 11.1 Å². The van der Waals surface area contributed by atoms with Crippen LogP contribution in [-0.2, 0) is 0 Å². The molecule has 116 valence electrons. The summed E-state index contributed by atoms with van der Waals surface area (Å²) in [6.07, 6.45) is -0.879. The molecule has 0 saturated carbocycles. The highest BCUT2D eigenvalue weighted by Gasteiger charge is 2.10. The maximum Gasteiger partial charge on any atom is 0.335 e. The number of aromatic carboxylic acids is 1. The van der Waals surface area contributed by atoms with Crippen LogP contribution < -0.4 is 11.1 Å². The van der Waals surface area contributed by atoms with Crippen LogP contribution >= 0.6 is 0 Å².